The molecular formula is C14H25N2P. The number of nitrogens with one attached hydrogen (secondary N) is 1. The summed E-state index contributed by atoms with van der Waals surface area (Å²) in [7, 11) is 1.05. The molecule has 0 saturated carbocycles. The lowest BCUT2D eigenvalue weighted by atomic mass is 10.2. The molecule has 1 saturated heterocycles. The van der Waals surface area contributed by atoms with Crippen molar-refractivity contribution in [2.45, 2.75) is 20.3 Å². The molecule has 0 amide bonds. The maximum Gasteiger partial charge on any atom is 0.00400 e. The van der Waals surface area contributed by atoms with E-state index in [1.165, 1.54) is 24.1 Å². The highest BCUT2D eigenvalue weighted by molar-refractivity contribution is 7.68. The predicted molar refractivity (Wildman–Crippen MR) is 81.1 cm³/mol. The Morgan fingerprint density at radius 2 is 1.65 bits per heavy atom. The van der Waals surface area contributed by atoms with Crippen LogP contribution < -0.4 is 5.09 Å². The van der Waals surface area contributed by atoms with E-state index < -0.39 is 7.19 Å². The largest absolute Gasteiger partial charge is 0.286 e. The van der Waals surface area contributed by atoms with Gasteiger partial charge in [0.2, 0.25) is 0 Å². The van der Waals surface area contributed by atoms with Crippen LogP contribution in [-0.4, -0.2) is 37.8 Å². The fourth-order valence-corrected chi connectivity index (χ4v) is 3.07. The van der Waals surface area contributed by atoms with Crippen molar-refractivity contribution in [3.8, 4) is 0 Å². The molecule has 0 aromatic heterocycles. The van der Waals surface area contributed by atoms with E-state index in [-0.39, 0.29) is 0 Å². The van der Waals surface area contributed by atoms with Crippen molar-refractivity contribution in [3.63, 3.8) is 0 Å². The first-order valence-corrected chi connectivity index (χ1v) is 8.50. The summed E-state index contributed by atoms with van der Waals surface area (Å²) in [5.41, 5.74) is 2.66. The minimum atomic E-state index is -1.09. The zero-order chi connectivity index (χ0) is 12.9. The van der Waals surface area contributed by atoms with Crippen LogP contribution in [0.4, 0.5) is 0 Å². The fraction of sp³-hybridized carbons (Fsp3) is 0.500. The SMILES string of the molecule is C=P1(C)NCCCN1C.Cc1ccc(C)cc1. The zero-order valence-corrected chi connectivity index (χ0v) is 12.4. The molecule has 17 heavy (non-hydrogen) atoms. The lowest BCUT2D eigenvalue weighted by Crippen LogP contribution is -2.32. The maximum atomic E-state index is 4.14. The predicted octanol–water partition coefficient (Wildman–Crippen LogP) is 3.12. The molecule has 0 aliphatic carbocycles. The first-order chi connectivity index (χ1) is 7.92. The van der Waals surface area contributed by atoms with Gasteiger partial charge in [-0.3, -0.25) is 9.76 Å². The summed E-state index contributed by atoms with van der Waals surface area (Å²) in [6, 6.07) is 8.48. The lowest BCUT2D eigenvalue weighted by Gasteiger charge is -2.36. The molecule has 0 radical (unpaired) electrons. The van der Waals surface area contributed by atoms with Crippen molar-refractivity contribution in [2.75, 3.05) is 26.8 Å². The highest BCUT2D eigenvalue weighted by Crippen LogP contribution is 2.40. The van der Waals surface area contributed by atoms with Crippen molar-refractivity contribution in [2.24, 2.45) is 0 Å². The van der Waals surface area contributed by atoms with Crippen LogP contribution in [0.2, 0.25) is 0 Å². The van der Waals surface area contributed by atoms with Gasteiger partial charge in [-0.25, -0.2) is 0 Å². The van der Waals surface area contributed by atoms with E-state index in [2.05, 4.69) is 67.9 Å². The fourth-order valence-electron chi connectivity index (χ4n) is 1.61. The Hall–Kier alpha value is -0.560. The smallest absolute Gasteiger partial charge is 0.00400 e. The summed E-state index contributed by atoms with van der Waals surface area (Å²) in [5.74, 6) is 0. The monoisotopic (exact) mass is 252 g/mol. The van der Waals surface area contributed by atoms with Gasteiger partial charge in [0.25, 0.3) is 0 Å². The van der Waals surface area contributed by atoms with E-state index >= 15 is 0 Å². The molecule has 3 heteroatoms. The summed E-state index contributed by atoms with van der Waals surface area (Å²) >= 11 is 0. The van der Waals surface area contributed by atoms with Crippen molar-refractivity contribution < 1.29 is 0 Å². The number of hydrogen-bond acceptors (Lipinski definition) is 2. The molecule has 1 atom stereocenters. The van der Waals surface area contributed by atoms with Gasteiger partial charge in [0, 0.05) is 20.3 Å². The minimum absolute atomic E-state index is 1.09. The molecule has 2 rings (SSSR count). The third-order valence-electron chi connectivity index (χ3n) is 3.08. The van der Waals surface area contributed by atoms with Crippen LogP contribution in [0, 0.1) is 13.8 Å². The molecule has 96 valence electrons. The summed E-state index contributed by atoms with van der Waals surface area (Å²) in [5, 5.41) is 3.43. The number of benzene rings is 1. The molecule has 1 aliphatic heterocycles. The summed E-state index contributed by atoms with van der Waals surface area (Å²) < 4.78 is 2.34. The molecule has 1 heterocycles. The van der Waals surface area contributed by atoms with Crippen LogP contribution in [0.1, 0.15) is 17.5 Å². The summed E-state index contributed by atoms with van der Waals surface area (Å²) in [6.07, 6.45) is 5.40. The van der Waals surface area contributed by atoms with Crippen LogP contribution in [0.5, 0.6) is 0 Å². The average molecular weight is 252 g/mol. The molecule has 0 bridgehead atoms. The summed E-state index contributed by atoms with van der Waals surface area (Å²) in [6.45, 7) is 8.77. The van der Waals surface area contributed by atoms with E-state index in [1.807, 2.05) is 0 Å². The molecule has 1 fully saturated rings. The van der Waals surface area contributed by atoms with Crippen molar-refractivity contribution in [3.05, 3.63) is 35.4 Å². The van der Waals surface area contributed by atoms with Crippen molar-refractivity contribution in [1.29, 1.82) is 0 Å². The Kier molecular flexibility index (Phi) is 5.45. The van der Waals surface area contributed by atoms with Gasteiger partial charge < -0.3 is 0 Å². The van der Waals surface area contributed by atoms with Crippen molar-refractivity contribution >= 4 is 13.5 Å². The third kappa shape index (κ3) is 5.08. The number of rotatable bonds is 0. The Morgan fingerprint density at radius 1 is 1.18 bits per heavy atom. The number of aryl methyl sites for hydroxylation is 2. The van der Waals surface area contributed by atoms with Gasteiger partial charge >= 0.3 is 0 Å². The van der Waals surface area contributed by atoms with E-state index in [0.717, 1.165) is 6.54 Å². The second-order valence-electron chi connectivity index (χ2n) is 4.94. The highest BCUT2D eigenvalue weighted by Gasteiger charge is 2.16. The molecule has 0 spiro atoms. The first kappa shape index (κ1) is 14.5. The van der Waals surface area contributed by atoms with Crippen LogP contribution >= 0.6 is 7.19 Å². The maximum absolute atomic E-state index is 4.14. The Morgan fingerprint density at radius 3 is 1.94 bits per heavy atom. The zero-order valence-electron chi connectivity index (χ0n) is 11.5. The van der Waals surface area contributed by atoms with Gasteiger partial charge in [-0.1, -0.05) is 41.7 Å². The molecule has 1 unspecified atom stereocenters. The van der Waals surface area contributed by atoms with E-state index in [1.54, 1.807) is 0 Å². The van der Waals surface area contributed by atoms with Crippen LogP contribution in [0.3, 0.4) is 0 Å². The molecular weight excluding hydrogens is 227 g/mol. The lowest BCUT2D eigenvalue weighted by molar-refractivity contribution is 0.487. The van der Waals surface area contributed by atoms with E-state index in [9.17, 15) is 0 Å². The van der Waals surface area contributed by atoms with Gasteiger partial charge in [0.15, 0.2) is 0 Å². The van der Waals surface area contributed by atoms with Crippen molar-refractivity contribution in [1.82, 2.24) is 9.76 Å². The van der Waals surface area contributed by atoms with Crippen LogP contribution in [-0.2, 0) is 0 Å². The van der Waals surface area contributed by atoms with Gasteiger partial charge in [-0.15, -0.1) is 0 Å². The first-order valence-electron chi connectivity index (χ1n) is 6.13. The Labute approximate surface area is 106 Å². The molecule has 1 N–H and O–H groups in total. The van der Waals surface area contributed by atoms with E-state index in [0.29, 0.717) is 0 Å². The van der Waals surface area contributed by atoms with Gasteiger partial charge in [-0.2, -0.15) is 0 Å². The van der Waals surface area contributed by atoms with Crippen LogP contribution in [0.25, 0.3) is 0 Å². The van der Waals surface area contributed by atoms with Gasteiger partial charge in [-0.05, 0) is 34.0 Å². The van der Waals surface area contributed by atoms with Gasteiger partial charge in [0.1, 0.15) is 0 Å². The molecule has 1 aliphatic rings. The van der Waals surface area contributed by atoms with Gasteiger partial charge in [0.05, 0.1) is 0 Å². The topological polar surface area (TPSA) is 15.3 Å². The second kappa shape index (κ2) is 6.39. The number of nitrogens with zero attached hydrogens (tertiary/aromatic N) is 1. The average Bonchev–Trinajstić information content (AvgIpc) is 2.28. The third-order valence-corrected chi connectivity index (χ3v) is 5.69. The normalized spacial score (nSPS) is 24.9. The standard InChI is InChI=1S/C8H10.C6H15N2P/c1-7-3-5-8(2)6-4-7;1-8-6-4-5-7-9(8,2)3/h3-6H,1-2H3;7H,2,4-6H2,1,3H3. The Bertz CT molecular complexity index is 363. The molecule has 1 aromatic rings. The van der Waals surface area contributed by atoms with Crippen LogP contribution in [0.15, 0.2) is 24.3 Å². The quantitative estimate of drug-likeness (QED) is 0.714. The summed E-state index contributed by atoms with van der Waals surface area (Å²) in [4.78, 5) is 0. The minimum Gasteiger partial charge on any atom is -0.286 e. The Balaban J connectivity index is 0.000000171. The van der Waals surface area contributed by atoms with E-state index in [4.69, 9.17) is 0 Å². The molecule has 2 nitrogen and oxygen atoms in total. The molecule has 1 aromatic carbocycles. The highest BCUT2D eigenvalue weighted by atomic mass is 31.2. The number of hydrogen-bond donors (Lipinski definition) is 1. The second-order valence-corrected chi connectivity index (χ2v) is 8.21.